The smallest absolute Gasteiger partial charge is 0.336 e. The third kappa shape index (κ3) is 4.65. The molecular weight excluding hydrogens is 366 g/mol. The van der Waals surface area contributed by atoms with Crippen LogP contribution in [0.1, 0.15) is 26.3 Å². The van der Waals surface area contributed by atoms with Crippen molar-refractivity contribution >= 4 is 29.2 Å². The van der Waals surface area contributed by atoms with Crippen molar-refractivity contribution in [1.82, 2.24) is 0 Å². The van der Waals surface area contributed by atoms with E-state index in [0.717, 1.165) is 5.56 Å². The van der Waals surface area contributed by atoms with Gasteiger partial charge in [0.15, 0.2) is 0 Å². The van der Waals surface area contributed by atoms with Gasteiger partial charge in [-0.3, -0.25) is 4.79 Å². The number of hydrogen-bond acceptors (Lipinski definition) is 3. The molecule has 6 heteroatoms. The Morgan fingerprint density at radius 3 is 2.26 bits per heavy atom. The minimum Gasteiger partial charge on any atom is -0.487 e. The monoisotopic (exact) mass is 381 g/mol. The number of anilines is 1. The van der Waals surface area contributed by atoms with Crippen LogP contribution in [-0.2, 0) is 6.61 Å². The van der Waals surface area contributed by atoms with E-state index in [4.69, 9.17) is 16.3 Å². The summed E-state index contributed by atoms with van der Waals surface area (Å²) >= 11 is 6.24. The maximum Gasteiger partial charge on any atom is 0.336 e. The number of ether oxygens (including phenoxy) is 1. The molecule has 0 bridgehead atoms. The van der Waals surface area contributed by atoms with Crippen LogP contribution < -0.4 is 10.1 Å². The zero-order valence-electron chi connectivity index (χ0n) is 14.2. The van der Waals surface area contributed by atoms with Gasteiger partial charge in [0.05, 0.1) is 16.1 Å². The number of carbonyl (C=O) groups excluding carboxylic acids is 1. The molecule has 3 aromatic rings. The fourth-order valence-electron chi connectivity index (χ4n) is 2.50. The second-order valence-electron chi connectivity index (χ2n) is 5.72. The maximum absolute atomic E-state index is 12.4. The first-order valence-electron chi connectivity index (χ1n) is 8.14. The Balaban J connectivity index is 1.71. The molecule has 3 rings (SSSR count). The Kier molecular flexibility index (Phi) is 5.74. The molecule has 0 saturated carbocycles. The van der Waals surface area contributed by atoms with Crippen LogP contribution in [0, 0.1) is 0 Å². The van der Waals surface area contributed by atoms with Crippen molar-refractivity contribution in [3.63, 3.8) is 0 Å². The molecule has 0 spiro atoms. The topological polar surface area (TPSA) is 75.6 Å². The SMILES string of the molecule is O=C(O)c1ccccc1C(=O)Nc1ccc(OCc2ccccc2)c(Cl)c1. The van der Waals surface area contributed by atoms with Gasteiger partial charge in [-0.15, -0.1) is 0 Å². The highest BCUT2D eigenvalue weighted by molar-refractivity contribution is 6.32. The van der Waals surface area contributed by atoms with Crippen LogP contribution in [0.5, 0.6) is 5.75 Å². The Morgan fingerprint density at radius 1 is 0.926 bits per heavy atom. The van der Waals surface area contributed by atoms with Gasteiger partial charge < -0.3 is 15.2 Å². The molecule has 136 valence electrons. The van der Waals surface area contributed by atoms with Gasteiger partial charge in [0.1, 0.15) is 12.4 Å². The molecule has 27 heavy (non-hydrogen) atoms. The molecule has 0 fully saturated rings. The predicted octanol–water partition coefficient (Wildman–Crippen LogP) is 4.87. The fourth-order valence-corrected chi connectivity index (χ4v) is 2.73. The summed E-state index contributed by atoms with van der Waals surface area (Å²) in [5.74, 6) is -1.20. The molecule has 0 heterocycles. The lowest BCUT2D eigenvalue weighted by Crippen LogP contribution is -2.16. The van der Waals surface area contributed by atoms with Crippen molar-refractivity contribution in [3.05, 3.63) is 94.5 Å². The van der Waals surface area contributed by atoms with E-state index in [0.29, 0.717) is 23.1 Å². The first-order valence-corrected chi connectivity index (χ1v) is 8.52. The molecule has 0 saturated heterocycles. The van der Waals surface area contributed by atoms with Gasteiger partial charge in [0.2, 0.25) is 0 Å². The van der Waals surface area contributed by atoms with Crippen LogP contribution in [0.15, 0.2) is 72.8 Å². The third-order valence-corrected chi connectivity index (χ3v) is 4.12. The van der Waals surface area contributed by atoms with E-state index in [9.17, 15) is 14.7 Å². The highest BCUT2D eigenvalue weighted by Gasteiger charge is 2.16. The van der Waals surface area contributed by atoms with E-state index in [1.165, 1.54) is 12.1 Å². The average molecular weight is 382 g/mol. The Hall–Kier alpha value is -3.31. The van der Waals surface area contributed by atoms with Crippen molar-refractivity contribution in [2.24, 2.45) is 0 Å². The molecule has 0 aromatic heterocycles. The summed E-state index contributed by atoms with van der Waals surface area (Å²) in [7, 11) is 0. The van der Waals surface area contributed by atoms with E-state index >= 15 is 0 Å². The Bertz CT molecular complexity index is 973. The van der Waals surface area contributed by atoms with Crippen molar-refractivity contribution in [3.8, 4) is 5.75 Å². The van der Waals surface area contributed by atoms with E-state index in [1.807, 2.05) is 30.3 Å². The van der Waals surface area contributed by atoms with E-state index in [2.05, 4.69) is 5.32 Å². The van der Waals surface area contributed by atoms with Crippen molar-refractivity contribution in [2.45, 2.75) is 6.61 Å². The predicted molar refractivity (Wildman–Crippen MR) is 104 cm³/mol. The van der Waals surface area contributed by atoms with Gasteiger partial charge in [-0.1, -0.05) is 54.1 Å². The van der Waals surface area contributed by atoms with Gasteiger partial charge in [-0.05, 0) is 35.9 Å². The number of carbonyl (C=O) groups is 2. The average Bonchev–Trinajstić information content (AvgIpc) is 2.68. The van der Waals surface area contributed by atoms with Gasteiger partial charge in [0.25, 0.3) is 5.91 Å². The number of aromatic carboxylic acids is 1. The molecule has 0 aliphatic carbocycles. The quantitative estimate of drug-likeness (QED) is 0.638. The van der Waals surface area contributed by atoms with Crippen molar-refractivity contribution in [2.75, 3.05) is 5.32 Å². The molecule has 1 amide bonds. The lowest BCUT2D eigenvalue weighted by Gasteiger charge is -2.11. The maximum atomic E-state index is 12.4. The second kappa shape index (κ2) is 8.38. The van der Waals surface area contributed by atoms with Crippen LogP contribution in [0.3, 0.4) is 0 Å². The molecule has 5 nitrogen and oxygen atoms in total. The highest BCUT2D eigenvalue weighted by Crippen LogP contribution is 2.28. The number of amides is 1. The first kappa shape index (κ1) is 18.5. The minimum absolute atomic E-state index is 0.0658. The van der Waals surface area contributed by atoms with Crippen LogP contribution in [-0.4, -0.2) is 17.0 Å². The highest BCUT2D eigenvalue weighted by atomic mass is 35.5. The summed E-state index contributed by atoms with van der Waals surface area (Å²) in [5, 5.41) is 12.2. The van der Waals surface area contributed by atoms with Gasteiger partial charge in [0, 0.05) is 5.69 Å². The summed E-state index contributed by atoms with van der Waals surface area (Å²) in [5.41, 5.74) is 1.46. The molecule has 0 unspecified atom stereocenters. The Morgan fingerprint density at radius 2 is 1.59 bits per heavy atom. The summed E-state index contributed by atoms with van der Waals surface area (Å²) in [6, 6.07) is 20.5. The minimum atomic E-state index is -1.16. The largest absolute Gasteiger partial charge is 0.487 e. The first-order chi connectivity index (χ1) is 13.0. The summed E-state index contributed by atoms with van der Waals surface area (Å²) in [6.07, 6.45) is 0. The van der Waals surface area contributed by atoms with Crippen LogP contribution in [0.4, 0.5) is 5.69 Å². The summed E-state index contributed by atoms with van der Waals surface area (Å²) in [4.78, 5) is 23.6. The van der Waals surface area contributed by atoms with Gasteiger partial charge >= 0.3 is 5.97 Å². The third-order valence-electron chi connectivity index (χ3n) is 3.83. The van der Waals surface area contributed by atoms with Gasteiger partial charge in [-0.25, -0.2) is 4.79 Å². The zero-order valence-corrected chi connectivity index (χ0v) is 14.9. The molecule has 2 N–H and O–H groups in total. The molecule has 0 aliphatic heterocycles. The van der Waals surface area contributed by atoms with E-state index < -0.39 is 11.9 Å². The number of rotatable bonds is 6. The molecule has 0 atom stereocenters. The van der Waals surface area contributed by atoms with Crippen LogP contribution >= 0.6 is 11.6 Å². The number of hydrogen-bond donors (Lipinski definition) is 2. The number of carboxylic acids is 1. The van der Waals surface area contributed by atoms with E-state index in [-0.39, 0.29) is 11.1 Å². The molecule has 0 aliphatic rings. The summed E-state index contributed by atoms with van der Waals surface area (Å²) in [6.45, 7) is 0.373. The number of nitrogens with one attached hydrogen (secondary N) is 1. The molecule has 3 aromatic carbocycles. The lowest BCUT2D eigenvalue weighted by molar-refractivity contribution is 0.0692. The number of halogens is 1. The lowest BCUT2D eigenvalue weighted by atomic mass is 10.1. The van der Waals surface area contributed by atoms with Gasteiger partial charge in [-0.2, -0.15) is 0 Å². The fraction of sp³-hybridized carbons (Fsp3) is 0.0476. The van der Waals surface area contributed by atoms with Crippen LogP contribution in [0.25, 0.3) is 0 Å². The van der Waals surface area contributed by atoms with Crippen molar-refractivity contribution in [1.29, 1.82) is 0 Å². The standard InChI is InChI=1S/C21H16ClNO4/c22-18-12-15(10-11-19(18)27-13-14-6-2-1-3-7-14)23-20(24)16-8-4-5-9-17(16)21(25)26/h1-12H,13H2,(H,23,24)(H,25,26). The number of benzene rings is 3. The number of carboxylic acid groups (broad SMARTS) is 1. The molecular formula is C21H16ClNO4. The normalized spacial score (nSPS) is 10.3. The second-order valence-corrected chi connectivity index (χ2v) is 6.13. The zero-order chi connectivity index (χ0) is 19.2. The summed E-state index contributed by atoms with van der Waals surface area (Å²) < 4.78 is 5.70. The van der Waals surface area contributed by atoms with Crippen LogP contribution in [0.2, 0.25) is 5.02 Å². The Labute approximate surface area is 161 Å². The molecule has 0 radical (unpaired) electrons. The van der Waals surface area contributed by atoms with E-state index in [1.54, 1.807) is 30.3 Å². The van der Waals surface area contributed by atoms with Crippen molar-refractivity contribution < 1.29 is 19.4 Å².